The maximum absolute atomic E-state index is 12.8. The monoisotopic (exact) mass is 382 g/mol. The molecule has 9 heteroatoms. The van der Waals surface area contributed by atoms with Gasteiger partial charge < -0.3 is 4.90 Å². The van der Waals surface area contributed by atoms with E-state index in [1.165, 1.54) is 23.5 Å². The Morgan fingerprint density at radius 1 is 1.08 bits per heavy atom. The average Bonchev–Trinajstić information content (AvgIpc) is 3.16. The number of alkyl halides is 3. The second kappa shape index (κ2) is 6.91. The van der Waals surface area contributed by atoms with Crippen molar-refractivity contribution in [3.05, 3.63) is 57.8 Å². The first-order chi connectivity index (χ1) is 12.3. The third-order valence-electron chi connectivity index (χ3n) is 3.85. The molecule has 26 heavy (non-hydrogen) atoms. The molecular weight excluding hydrogens is 369 g/mol. The fourth-order valence-corrected chi connectivity index (χ4v) is 3.33. The summed E-state index contributed by atoms with van der Waals surface area (Å²) in [5.74, 6) is -2.30. The van der Waals surface area contributed by atoms with Crippen LogP contribution in [0.5, 0.6) is 0 Å². The molecule has 3 amide bonds. The van der Waals surface area contributed by atoms with E-state index in [9.17, 15) is 27.6 Å². The van der Waals surface area contributed by atoms with Gasteiger partial charge in [0.05, 0.1) is 11.1 Å². The third kappa shape index (κ3) is 3.77. The Kier molecular flexibility index (Phi) is 4.82. The van der Waals surface area contributed by atoms with Gasteiger partial charge in [0.2, 0.25) is 5.91 Å². The van der Waals surface area contributed by atoms with E-state index in [4.69, 9.17) is 0 Å². The highest BCUT2D eigenvalue weighted by Gasteiger charge is 2.39. The summed E-state index contributed by atoms with van der Waals surface area (Å²) in [4.78, 5) is 38.3. The first-order valence-electron chi connectivity index (χ1n) is 7.57. The highest BCUT2D eigenvalue weighted by atomic mass is 32.1. The zero-order chi connectivity index (χ0) is 18.9. The number of fused-ring (bicyclic) bond motifs is 1. The van der Waals surface area contributed by atoms with Crippen molar-refractivity contribution in [2.45, 2.75) is 12.7 Å². The van der Waals surface area contributed by atoms with E-state index in [-0.39, 0.29) is 17.7 Å². The summed E-state index contributed by atoms with van der Waals surface area (Å²) in [6, 6.07) is 7.64. The number of nitrogens with zero attached hydrogens (tertiary/aromatic N) is 2. The number of carbonyl (C=O) groups is 3. The molecule has 0 unspecified atom stereocenters. The second-order valence-corrected chi connectivity index (χ2v) is 6.52. The van der Waals surface area contributed by atoms with Gasteiger partial charge in [-0.2, -0.15) is 24.5 Å². The molecule has 0 saturated heterocycles. The Morgan fingerprint density at radius 2 is 1.69 bits per heavy atom. The van der Waals surface area contributed by atoms with Crippen LogP contribution >= 0.6 is 11.3 Å². The van der Waals surface area contributed by atoms with Gasteiger partial charge in [-0.1, -0.05) is 12.1 Å². The predicted octanol–water partition coefficient (Wildman–Crippen LogP) is 2.94. The summed E-state index contributed by atoms with van der Waals surface area (Å²) in [5.41, 5.74) is 0.839. The van der Waals surface area contributed by atoms with E-state index in [2.05, 4.69) is 0 Å². The summed E-state index contributed by atoms with van der Waals surface area (Å²) >= 11 is 1.30. The molecule has 0 saturated carbocycles. The zero-order valence-electron chi connectivity index (χ0n) is 13.3. The highest BCUT2D eigenvalue weighted by Crippen LogP contribution is 2.24. The van der Waals surface area contributed by atoms with Crippen LogP contribution in [0.4, 0.5) is 13.2 Å². The molecule has 5 nitrogen and oxygen atoms in total. The number of thiophene rings is 1. The minimum Gasteiger partial charge on any atom is -0.328 e. The van der Waals surface area contributed by atoms with Gasteiger partial charge in [0, 0.05) is 6.54 Å². The van der Waals surface area contributed by atoms with E-state index in [1.807, 2.05) is 0 Å². The molecule has 0 radical (unpaired) electrons. The molecule has 0 aliphatic carbocycles. The molecule has 0 fully saturated rings. The molecule has 2 heterocycles. The number of hydrogen-bond donors (Lipinski definition) is 0. The van der Waals surface area contributed by atoms with Crippen LogP contribution < -0.4 is 0 Å². The fourth-order valence-electron chi connectivity index (χ4n) is 2.67. The number of imide groups is 1. The summed E-state index contributed by atoms with van der Waals surface area (Å²) in [7, 11) is 0. The second-order valence-electron chi connectivity index (χ2n) is 5.74. The average molecular weight is 382 g/mol. The molecule has 1 aliphatic heterocycles. The molecular formula is C17H13F3N2O3S. The summed E-state index contributed by atoms with van der Waals surface area (Å²) in [6.45, 7) is -2.43. The van der Waals surface area contributed by atoms with Crippen LogP contribution in [0.2, 0.25) is 0 Å². The van der Waals surface area contributed by atoms with E-state index < -0.39 is 37.0 Å². The molecule has 3 rings (SSSR count). The standard InChI is InChI=1S/C17H13F3N2O3S/c18-17(19,20)10-21(7-11-5-6-26-9-11)14(23)8-22-15(24)12-3-1-2-4-13(12)16(22)25/h1-6,9H,7-8,10H2. The van der Waals surface area contributed by atoms with Crippen LogP contribution in [0, 0.1) is 0 Å². The Hall–Kier alpha value is -2.68. The van der Waals surface area contributed by atoms with Gasteiger partial charge in [-0.15, -0.1) is 0 Å². The van der Waals surface area contributed by atoms with E-state index >= 15 is 0 Å². The smallest absolute Gasteiger partial charge is 0.328 e. The van der Waals surface area contributed by atoms with Gasteiger partial charge in [-0.3, -0.25) is 19.3 Å². The van der Waals surface area contributed by atoms with Crippen molar-refractivity contribution in [2.24, 2.45) is 0 Å². The number of amides is 3. The van der Waals surface area contributed by atoms with Gasteiger partial charge in [-0.05, 0) is 34.5 Å². The third-order valence-corrected chi connectivity index (χ3v) is 4.58. The van der Waals surface area contributed by atoms with Crippen LogP contribution in [0.1, 0.15) is 26.3 Å². The normalized spacial score (nSPS) is 13.9. The number of rotatable bonds is 5. The number of benzene rings is 1. The number of carbonyl (C=O) groups excluding carboxylic acids is 3. The minimum atomic E-state index is -4.59. The van der Waals surface area contributed by atoms with Gasteiger partial charge in [0.1, 0.15) is 13.1 Å². The highest BCUT2D eigenvalue weighted by molar-refractivity contribution is 7.07. The molecule has 0 spiro atoms. The topological polar surface area (TPSA) is 57.7 Å². The lowest BCUT2D eigenvalue weighted by molar-refractivity contribution is -0.162. The molecule has 1 aromatic heterocycles. The maximum Gasteiger partial charge on any atom is 0.406 e. The van der Waals surface area contributed by atoms with Crippen LogP contribution in [-0.2, 0) is 11.3 Å². The van der Waals surface area contributed by atoms with Crippen molar-refractivity contribution in [3.63, 3.8) is 0 Å². The van der Waals surface area contributed by atoms with Crippen LogP contribution in [0.25, 0.3) is 0 Å². The molecule has 0 bridgehead atoms. The van der Waals surface area contributed by atoms with Gasteiger partial charge in [0.15, 0.2) is 0 Å². The van der Waals surface area contributed by atoms with Crippen molar-refractivity contribution < 1.29 is 27.6 Å². The first kappa shape index (κ1) is 18.1. The Labute approximate surface area is 150 Å². The van der Waals surface area contributed by atoms with E-state index in [0.29, 0.717) is 15.4 Å². The lowest BCUT2D eigenvalue weighted by Gasteiger charge is -2.25. The summed E-state index contributed by atoms with van der Waals surface area (Å²) < 4.78 is 38.5. The Balaban J connectivity index is 1.77. The van der Waals surface area contributed by atoms with Crippen molar-refractivity contribution in [2.75, 3.05) is 13.1 Å². The van der Waals surface area contributed by atoms with E-state index in [1.54, 1.807) is 29.0 Å². The van der Waals surface area contributed by atoms with Crippen molar-refractivity contribution in [1.82, 2.24) is 9.80 Å². The van der Waals surface area contributed by atoms with Crippen LogP contribution in [0.3, 0.4) is 0 Å². The van der Waals surface area contributed by atoms with Crippen molar-refractivity contribution in [3.8, 4) is 0 Å². The lowest BCUT2D eigenvalue weighted by Crippen LogP contribution is -2.45. The fraction of sp³-hybridized carbons (Fsp3) is 0.235. The SMILES string of the molecule is O=C(CN1C(=O)c2ccccc2C1=O)N(Cc1ccsc1)CC(F)(F)F. The van der Waals surface area contributed by atoms with Gasteiger partial charge >= 0.3 is 6.18 Å². The minimum absolute atomic E-state index is 0.144. The predicted molar refractivity (Wildman–Crippen MR) is 87.6 cm³/mol. The van der Waals surface area contributed by atoms with Gasteiger partial charge in [0.25, 0.3) is 11.8 Å². The number of halogens is 3. The summed E-state index contributed by atoms with van der Waals surface area (Å²) in [5, 5.41) is 3.33. The van der Waals surface area contributed by atoms with E-state index in [0.717, 1.165) is 0 Å². The Bertz CT molecular complexity index is 814. The lowest BCUT2D eigenvalue weighted by atomic mass is 10.1. The molecule has 0 atom stereocenters. The molecule has 1 aliphatic rings. The maximum atomic E-state index is 12.8. The molecule has 136 valence electrons. The largest absolute Gasteiger partial charge is 0.406 e. The van der Waals surface area contributed by atoms with Crippen LogP contribution in [-0.4, -0.2) is 46.8 Å². The van der Waals surface area contributed by atoms with Crippen molar-refractivity contribution in [1.29, 1.82) is 0 Å². The van der Waals surface area contributed by atoms with Gasteiger partial charge in [-0.25, -0.2) is 0 Å². The van der Waals surface area contributed by atoms with Crippen LogP contribution in [0.15, 0.2) is 41.1 Å². The first-order valence-corrected chi connectivity index (χ1v) is 8.51. The zero-order valence-corrected chi connectivity index (χ0v) is 14.1. The molecule has 1 aromatic carbocycles. The number of hydrogen-bond acceptors (Lipinski definition) is 4. The molecule has 2 aromatic rings. The Morgan fingerprint density at radius 3 is 2.19 bits per heavy atom. The quantitative estimate of drug-likeness (QED) is 0.747. The summed E-state index contributed by atoms with van der Waals surface area (Å²) in [6.07, 6.45) is -4.59. The molecule has 0 N–H and O–H groups in total. The van der Waals surface area contributed by atoms with Crippen molar-refractivity contribution >= 4 is 29.1 Å².